The molecule has 28 heavy (non-hydrogen) atoms. The number of benzene rings is 2. The van der Waals surface area contributed by atoms with E-state index in [4.69, 9.17) is 0 Å². The highest BCUT2D eigenvalue weighted by atomic mass is 32.2. The van der Waals surface area contributed by atoms with Crippen LogP contribution < -0.4 is 10.6 Å². The van der Waals surface area contributed by atoms with Gasteiger partial charge in [-0.15, -0.1) is 0 Å². The maximum atomic E-state index is 12.3. The van der Waals surface area contributed by atoms with Crippen LogP contribution >= 0.6 is 11.8 Å². The van der Waals surface area contributed by atoms with Gasteiger partial charge in [-0.3, -0.25) is 14.4 Å². The lowest BCUT2D eigenvalue weighted by Crippen LogP contribution is -2.28. The van der Waals surface area contributed by atoms with Gasteiger partial charge in [-0.05, 0) is 56.2 Å². The second-order valence-corrected chi connectivity index (χ2v) is 7.94. The SMILES string of the molecule is CC(=O)c1cccc(NC(=O)C[C@H]2SC(=Nc3cc(C)cc(C)c3)NC2=O)c1. The molecule has 0 bridgehead atoms. The van der Waals surface area contributed by atoms with Crippen molar-refractivity contribution in [2.24, 2.45) is 4.99 Å². The molecule has 6 nitrogen and oxygen atoms in total. The second kappa shape index (κ2) is 8.39. The Labute approximate surface area is 167 Å². The number of rotatable bonds is 5. The van der Waals surface area contributed by atoms with Crippen molar-refractivity contribution in [2.75, 3.05) is 5.32 Å². The number of amidine groups is 1. The first kappa shape index (κ1) is 19.8. The van der Waals surface area contributed by atoms with Crippen molar-refractivity contribution in [3.8, 4) is 0 Å². The molecule has 2 aromatic carbocycles. The van der Waals surface area contributed by atoms with Crippen LogP contribution in [0.1, 0.15) is 34.8 Å². The summed E-state index contributed by atoms with van der Waals surface area (Å²) in [5.74, 6) is -0.601. The first-order valence-electron chi connectivity index (χ1n) is 8.85. The monoisotopic (exact) mass is 395 g/mol. The van der Waals surface area contributed by atoms with Crippen molar-refractivity contribution in [1.82, 2.24) is 5.32 Å². The highest BCUT2D eigenvalue weighted by Gasteiger charge is 2.32. The number of carbonyl (C=O) groups is 3. The quantitative estimate of drug-likeness (QED) is 0.755. The van der Waals surface area contributed by atoms with Gasteiger partial charge in [0, 0.05) is 17.7 Å². The molecule has 0 radical (unpaired) electrons. The molecule has 1 aliphatic heterocycles. The standard InChI is InChI=1S/C21H21N3O3S/c1-12-7-13(2)9-17(8-12)23-21-24-20(27)18(28-21)11-19(26)22-16-6-4-5-15(10-16)14(3)25/h4-10,18H,11H2,1-3H3,(H,22,26)(H,23,24,27)/t18-/m1/s1. The van der Waals surface area contributed by atoms with Crippen LogP contribution in [0, 0.1) is 13.8 Å². The van der Waals surface area contributed by atoms with E-state index in [2.05, 4.69) is 21.7 Å². The number of nitrogens with zero attached hydrogens (tertiary/aromatic N) is 1. The Morgan fingerprint density at radius 1 is 1.14 bits per heavy atom. The van der Waals surface area contributed by atoms with Gasteiger partial charge in [-0.2, -0.15) is 0 Å². The Bertz CT molecular complexity index is 964. The van der Waals surface area contributed by atoms with Gasteiger partial charge in [-0.1, -0.05) is 30.0 Å². The predicted molar refractivity (Wildman–Crippen MR) is 112 cm³/mol. The number of nitrogens with one attached hydrogen (secondary N) is 2. The van der Waals surface area contributed by atoms with Crippen LogP contribution in [0.3, 0.4) is 0 Å². The van der Waals surface area contributed by atoms with E-state index in [1.165, 1.54) is 18.7 Å². The summed E-state index contributed by atoms with van der Waals surface area (Å²) < 4.78 is 0. The molecule has 7 heteroatoms. The highest BCUT2D eigenvalue weighted by molar-refractivity contribution is 8.15. The van der Waals surface area contributed by atoms with E-state index in [1.807, 2.05) is 26.0 Å². The van der Waals surface area contributed by atoms with Crippen LogP contribution in [0.2, 0.25) is 0 Å². The third kappa shape index (κ3) is 5.07. The predicted octanol–water partition coefficient (Wildman–Crippen LogP) is 3.75. The zero-order valence-corrected chi connectivity index (χ0v) is 16.7. The first-order valence-corrected chi connectivity index (χ1v) is 9.73. The number of amides is 2. The Morgan fingerprint density at radius 2 is 1.86 bits per heavy atom. The van der Waals surface area contributed by atoms with Gasteiger partial charge in [0.15, 0.2) is 11.0 Å². The Kier molecular flexibility index (Phi) is 5.94. The molecule has 0 aromatic heterocycles. The number of ketones is 1. The van der Waals surface area contributed by atoms with Crippen molar-refractivity contribution in [1.29, 1.82) is 0 Å². The summed E-state index contributed by atoms with van der Waals surface area (Å²) in [5.41, 5.74) is 4.01. The molecule has 144 valence electrons. The van der Waals surface area contributed by atoms with Crippen molar-refractivity contribution in [3.05, 3.63) is 59.2 Å². The van der Waals surface area contributed by atoms with Crippen LogP contribution in [0.4, 0.5) is 11.4 Å². The van der Waals surface area contributed by atoms with Gasteiger partial charge in [0.1, 0.15) is 5.25 Å². The van der Waals surface area contributed by atoms with Crippen LogP contribution in [0.15, 0.2) is 47.5 Å². The topological polar surface area (TPSA) is 87.6 Å². The van der Waals surface area contributed by atoms with E-state index in [0.717, 1.165) is 16.8 Å². The minimum absolute atomic E-state index is 0.0205. The molecule has 1 heterocycles. The Morgan fingerprint density at radius 3 is 2.54 bits per heavy atom. The number of carbonyl (C=O) groups excluding carboxylic acids is 3. The fourth-order valence-corrected chi connectivity index (χ4v) is 3.91. The van der Waals surface area contributed by atoms with Crippen molar-refractivity contribution >= 4 is 45.9 Å². The number of anilines is 1. The summed E-state index contributed by atoms with van der Waals surface area (Å²) in [6.07, 6.45) is 0.0205. The largest absolute Gasteiger partial charge is 0.326 e. The van der Waals surface area contributed by atoms with Gasteiger partial charge >= 0.3 is 0 Å². The molecule has 1 fully saturated rings. The van der Waals surface area contributed by atoms with Gasteiger partial charge in [0.2, 0.25) is 11.8 Å². The summed E-state index contributed by atoms with van der Waals surface area (Å²) in [4.78, 5) is 40.5. The lowest BCUT2D eigenvalue weighted by Gasteiger charge is -2.08. The van der Waals surface area contributed by atoms with Gasteiger partial charge in [-0.25, -0.2) is 4.99 Å². The molecule has 1 aliphatic rings. The first-order chi connectivity index (χ1) is 13.3. The average molecular weight is 395 g/mol. The van der Waals surface area contributed by atoms with E-state index in [0.29, 0.717) is 16.4 Å². The molecule has 3 rings (SSSR count). The van der Waals surface area contributed by atoms with Crippen molar-refractivity contribution in [3.63, 3.8) is 0 Å². The third-order valence-electron chi connectivity index (χ3n) is 4.14. The minimum atomic E-state index is -0.541. The number of thioether (sulfide) groups is 1. The fraction of sp³-hybridized carbons (Fsp3) is 0.238. The molecule has 2 N–H and O–H groups in total. The van der Waals surface area contributed by atoms with Crippen LogP contribution in [-0.4, -0.2) is 28.0 Å². The molecular formula is C21H21N3O3S. The van der Waals surface area contributed by atoms with E-state index >= 15 is 0 Å². The summed E-state index contributed by atoms with van der Waals surface area (Å²) in [5, 5.41) is 5.42. The summed E-state index contributed by atoms with van der Waals surface area (Å²) in [6.45, 7) is 5.45. The average Bonchev–Trinajstić information content (AvgIpc) is 2.93. The van der Waals surface area contributed by atoms with Crippen LogP contribution in [0.5, 0.6) is 0 Å². The molecule has 0 unspecified atom stereocenters. The van der Waals surface area contributed by atoms with Gasteiger partial charge in [0.25, 0.3) is 0 Å². The summed E-state index contributed by atoms with van der Waals surface area (Å²) in [6, 6.07) is 12.7. The Balaban J connectivity index is 1.64. The zero-order chi connectivity index (χ0) is 20.3. The van der Waals surface area contributed by atoms with Crippen molar-refractivity contribution in [2.45, 2.75) is 32.4 Å². The third-order valence-corrected chi connectivity index (χ3v) is 5.22. The van der Waals surface area contributed by atoms with Gasteiger partial charge < -0.3 is 10.6 Å². The number of hydrogen-bond donors (Lipinski definition) is 2. The van der Waals surface area contributed by atoms with E-state index in [-0.39, 0.29) is 24.0 Å². The number of hydrogen-bond acceptors (Lipinski definition) is 5. The van der Waals surface area contributed by atoms with E-state index in [1.54, 1.807) is 24.3 Å². The number of aliphatic imine (C=N–C) groups is 1. The van der Waals surface area contributed by atoms with Gasteiger partial charge in [0.05, 0.1) is 5.69 Å². The lowest BCUT2D eigenvalue weighted by molar-refractivity contribution is -0.122. The van der Waals surface area contributed by atoms with E-state index < -0.39 is 5.25 Å². The van der Waals surface area contributed by atoms with Crippen LogP contribution in [0.25, 0.3) is 0 Å². The molecule has 0 aliphatic carbocycles. The lowest BCUT2D eigenvalue weighted by atomic mass is 10.1. The molecule has 1 saturated heterocycles. The fourth-order valence-electron chi connectivity index (χ4n) is 2.92. The van der Waals surface area contributed by atoms with Crippen LogP contribution in [-0.2, 0) is 9.59 Å². The molecule has 2 aromatic rings. The van der Waals surface area contributed by atoms with E-state index in [9.17, 15) is 14.4 Å². The highest BCUT2D eigenvalue weighted by Crippen LogP contribution is 2.26. The molecular weight excluding hydrogens is 374 g/mol. The summed E-state index contributed by atoms with van der Waals surface area (Å²) >= 11 is 1.25. The minimum Gasteiger partial charge on any atom is -0.326 e. The Hall–Kier alpha value is -2.93. The number of Topliss-reactive ketones (excluding diaryl/α,β-unsaturated/α-hetero) is 1. The molecule has 1 atom stereocenters. The maximum Gasteiger partial charge on any atom is 0.240 e. The normalized spacial score (nSPS) is 17.5. The number of aryl methyl sites for hydroxylation is 2. The summed E-state index contributed by atoms with van der Waals surface area (Å²) in [7, 11) is 0. The molecule has 2 amide bonds. The maximum absolute atomic E-state index is 12.3. The smallest absolute Gasteiger partial charge is 0.240 e. The zero-order valence-electron chi connectivity index (χ0n) is 15.9. The molecule has 0 spiro atoms. The molecule has 0 saturated carbocycles. The van der Waals surface area contributed by atoms with Crippen molar-refractivity contribution < 1.29 is 14.4 Å². The second-order valence-electron chi connectivity index (χ2n) is 6.75.